The number of anilines is 1. The molecule has 1 N–H and O–H groups in total. The molecular formula is C18H26N2O2. The number of carbonyl (C=O) groups excluding carboxylic acids is 1. The molecule has 0 radical (unpaired) electrons. The molecule has 0 spiro atoms. The van der Waals surface area contributed by atoms with Crippen LogP contribution < -0.4 is 10.1 Å². The lowest BCUT2D eigenvalue weighted by atomic mass is 10.1. The van der Waals surface area contributed by atoms with Gasteiger partial charge in [0.15, 0.2) is 0 Å². The number of nitrogens with zero attached hydrogens (tertiary/aromatic N) is 1. The molecule has 0 heterocycles. The molecular weight excluding hydrogens is 276 g/mol. The maximum Gasteiger partial charge on any atom is 0.238 e. The van der Waals surface area contributed by atoms with Gasteiger partial charge in [0.25, 0.3) is 0 Å². The molecule has 120 valence electrons. The van der Waals surface area contributed by atoms with Gasteiger partial charge >= 0.3 is 0 Å². The van der Waals surface area contributed by atoms with Crippen LogP contribution in [0.4, 0.5) is 5.69 Å². The van der Waals surface area contributed by atoms with Crippen LogP contribution in [-0.4, -0.2) is 12.5 Å². The van der Waals surface area contributed by atoms with Gasteiger partial charge in [-0.05, 0) is 30.7 Å². The van der Waals surface area contributed by atoms with E-state index in [4.69, 9.17) is 10.00 Å². The molecule has 0 fully saturated rings. The number of rotatable bonds is 11. The fourth-order valence-corrected chi connectivity index (χ4v) is 2.16. The van der Waals surface area contributed by atoms with Gasteiger partial charge in [0.1, 0.15) is 12.2 Å². The van der Waals surface area contributed by atoms with E-state index in [9.17, 15) is 4.79 Å². The number of carbonyl (C=O) groups is 1. The Morgan fingerprint density at radius 3 is 2.36 bits per heavy atom. The summed E-state index contributed by atoms with van der Waals surface area (Å²) in [5.74, 6) is 0.517. The first kappa shape index (κ1) is 18.0. The van der Waals surface area contributed by atoms with Gasteiger partial charge in [0.05, 0.1) is 12.7 Å². The lowest BCUT2D eigenvalue weighted by Gasteiger charge is -2.08. The molecule has 0 aliphatic carbocycles. The molecule has 0 aromatic heterocycles. The quantitative estimate of drug-likeness (QED) is 0.604. The molecule has 1 aromatic rings. The first-order chi connectivity index (χ1) is 10.8. The Hall–Kier alpha value is -2.02. The molecule has 0 saturated carbocycles. The summed E-state index contributed by atoms with van der Waals surface area (Å²) in [5.41, 5.74) is 0.684. The molecule has 4 nitrogen and oxygen atoms in total. The molecule has 1 aromatic carbocycles. The van der Waals surface area contributed by atoms with Gasteiger partial charge in [-0.15, -0.1) is 0 Å². The third kappa shape index (κ3) is 8.31. The minimum absolute atomic E-state index is 0.128. The third-order valence-corrected chi connectivity index (χ3v) is 3.39. The van der Waals surface area contributed by atoms with Crippen LogP contribution >= 0.6 is 0 Å². The standard InChI is InChI=1S/C18H26N2O2/c1-2-3-4-5-6-7-8-15-22-17-11-9-16(10-12-17)20-18(21)13-14-19/h9-12H,2-8,13,15H2,1H3,(H,20,21). The zero-order chi connectivity index (χ0) is 16.0. The monoisotopic (exact) mass is 302 g/mol. The summed E-state index contributed by atoms with van der Waals surface area (Å²) in [6, 6.07) is 9.07. The van der Waals surface area contributed by atoms with E-state index in [0.717, 1.165) is 18.8 Å². The second kappa shape index (κ2) is 11.6. The molecule has 0 saturated heterocycles. The number of hydrogen-bond acceptors (Lipinski definition) is 3. The second-order valence-corrected chi connectivity index (χ2v) is 5.38. The van der Waals surface area contributed by atoms with Gasteiger partial charge in [-0.2, -0.15) is 5.26 Å². The maximum atomic E-state index is 11.3. The van der Waals surface area contributed by atoms with E-state index in [1.807, 2.05) is 18.2 Å². The van der Waals surface area contributed by atoms with E-state index in [2.05, 4.69) is 12.2 Å². The Bertz CT molecular complexity index is 463. The Balaban J connectivity index is 2.14. The average Bonchev–Trinajstić information content (AvgIpc) is 2.52. The highest BCUT2D eigenvalue weighted by Gasteiger charge is 2.01. The first-order valence-electron chi connectivity index (χ1n) is 8.16. The molecule has 0 unspecified atom stereocenters. The van der Waals surface area contributed by atoms with Crippen molar-refractivity contribution in [3.8, 4) is 11.8 Å². The van der Waals surface area contributed by atoms with E-state index in [0.29, 0.717) is 5.69 Å². The Morgan fingerprint density at radius 1 is 1.09 bits per heavy atom. The van der Waals surface area contributed by atoms with Crippen LogP contribution in [0.1, 0.15) is 58.3 Å². The maximum absolute atomic E-state index is 11.3. The second-order valence-electron chi connectivity index (χ2n) is 5.38. The van der Waals surface area contributed by atoms with Crippen molar-refractivity contribution in [2.45, 2.75) is 58.3 Å². The van der Waals surface area contributed by atoms with Crippen LogP contribution in [0, 0.1) is 11.3 Å². The SMILES string of the molecule is CCCCCCCCCOc1ccc(NC(=O)CC#N)cc1. The minimum atomic E-state index is -0.292. The molecule has 1 amide bonds. The van der Waals surface area contributed by atoms with Crippen LogP contribution in [0.2, 0.25) is 0 Å². The number of ether oxygens (including phenoxy) is 1. The van der Waals surface area contributed by atoms with Crippen LogP contribution in [0.25, 0.3) is 0 Å². The number of nitrogens with one attached hydrogen (secondary N) is 1. The van der Waals surface area contributed by atoms with E-state index in [1.165, 1.54) is 38.5 Å². The summed E-state index contributed by atoms with van der Waals surface area (Å²) in [6.07, 6.45) is 8.74. The Labute approximate surface area is 133 Å². The van der Waals surface area contributed by atoms with Gasteiger partial charge < -0.3 is 10.1 Å². The normalized spacial score (nSPS) is 10.0. The topological polar surface area (TPSA) is 62.1 Å². The lowest BCUT2D eigenvalue weighted by molar-refractivity contribution is -0.115. The number of nitriles is 1. The van der Waals surface area contributed by atoms with Gasteiger partial charge in [-0.25, -0.2) is 0 Å². The van der Waals surface area contributed by atoms with Crippen LogP contribution in [0.15, 0.2) is 24.3 Å². The van der Waals surface area contributed by atoms with Gasteiger partial charge in [-0.3, -0.25) is 4.79 Å². The van der Waals surface area contributed by atoms with Crippen molar-refractivity contribution >= 4 is 11.6 Å². The lowest BCUT2D eigenvalue weighted by Crippen LogP contribution is -2.09. The Kier molecular flexibility index (Phi) is 9.52. The highest BCUT2D eigenvalue weighted by atomic mass is 16.5. The highest BCUT2D eigenvalue weighted by Crippen LogP contribution is 2.16. The van der Waals surface area contributed by atoms with Crippen molar-refractivity contribution < 1.29 is 9.53 Å². The molecule has 0 bridgehead atoms. The molecule has 22 heavy (non-hydrogen) atoms. The van der Waals surface area contributed by atoms with Crippen molar-refractivity contribution in [3.63, 3.8) is 0 Å². The number of unbranched alkanes of at least 4 members (excludes halogenated alkanes) is 6. The molecule has 1 rings (SSSR count). The average molecular weight is 302 g/mol. The van der Waals surface area contributed by atoms with Crippen molar-refractivity contribution in [2.24, 2.45) is 0 Å². The smallest absolute Gasteiger partial charge is 0.238 e. The van der Waals surface area contributed by atoms with Crippen LogP contribution in [-0.2, 0) is 4.79 Å². The molecule has 0 aliphatic heterocycles. The minimum Gasteiger partial charge on any atom is -0.494 e. The van der Waals surface area contributed by atoms with Crippen LogP contribution in [0.3, 0.4) is 0 Å². The summed E-state index contributed by atoms with van der Waals surface area (Å²) in [5, 5.41) is 11.1. The molecule has 4 heteroatoms. The van der Waals surface area contributed by atoms with Crippen molar-refractivity contribution in [2.75, 3.05) is 11.9 Å². The number of hydrogen-bond donors (Lipinski definition) is 1. The van der Waals surface area contributed by atoms with Crippen molar-refractivity contribution in [1.82, 2.24) is 0 Å². The summed E-state index contributed by atoms with van der Waals surface area (Å²) < 4.78 is 5.68. The zero-order valence-corrected chi connectivity index (χ0v) is 13.4. The van der Waals surface area contributed by atoms with Gasteiger partial charge in [-0.1, -0.05) is 45.4 Å². The largest absolute Gasteiger partial charge is 0.494 e. The molecule has 0 atom stereocenters. The zero-order valence-electron chi connectivity index (χ0n) is 13.4. The van der Waals surface area contributed by atoms with Gasteiger partial charge in [0, 0.05) is 5.69 Å². The third-order valence-electron chi connectivity index (χ3n) is 3.39. The van der Waals surface area contributed by atoms with E-state index in [-0.39, 0.29) is 12.3 Å². The molecule has 0 aliphatic rings. The van der Waals surface area contributed by atoms with E-state index in [1.54, 1.807) is 12.1 Å². The predicted octanol–water partition coefficient (Wildman–Crippen LogP) is 4.67. The summed E-state index contributed by atoms with van der Waals surface area (Å²) in [7, 11) is 0. The number of benzene rings is 1. The first-order valence-corrected chi connectivity index (χ1v) is 8.16. The fourth-order valence-electron chi connectivity index (χ4n) is 2.16. The van der Waals surface area contributed by atoms with Crippen LogP contribution in [0.5, 0.6) is 5.75 Å². The van der Waals surface area contributed by atoms with Crippen molar-refractivity contribution in [3.05, 3.63) is 24.3 Å². The summed E-state index contributed by atoms with van der Waals surface area (Å²) in [4.78, 5) is 11.3. The predicted molar refractivity (Wildman–Crippen MR) is 88.8 cm³/mol. The van der Waals surface area contributed by atoms with Crippen molar-refractivity contribution in [1.29, 1.82) is 5.26 Å². The van der Waals surface area contributed by atoms with E-state index < -0.39 is 0 Å². The summed E-state index contributed by atoms with van der Waals surface area (Å²) >= 11 is 0. The van der Waals surface area contributed by atoms with Gasteiger partial charge in [0.2, 0.25) is 5.91 Å². The van der Waals surface area contributed by atoms with E-state index >= 15 is 0 Å². The number of amides is 1. The summed E-state index contributed by atoms with van der Waals surface area (Å²) in [6.45, 7) is 2.96. The fraction of sp³-hybridized carbons (Fsp3) is 0.556. The Morgan fingerprint density at radius 2 is 1.73 bits per heavy atom. The highest BCUT2D eigenvalue weighted by molar-refractivity contribution is 5.92.